The van der Waals surface area contributed by atoms with Crippen LogP contribution in [0.4, 0.5) is 0 Å². The number of nitrogens with one attached hydrogen (secondary N) is 1. The Balaban J connectivity index is 3.09. The van der Waals surface area contributed by atoms with Crippen LogP contribution in [0.5, 0.6) is 0 Å². The van der Waals surface area contributed by atoms with Gasteiger partial charge >= 0.3 is 0 Å². The number of rotatable bonds is 5. The summed E-state index contributed by atoms with van der Waals surface area (Å²) in [5, 5.41) is 3.02. The Morgan fingerprint density at radius 1 is 1.33 bits per heavy atom. The first kappa shape index (κ1) is 8.88. The molecule has 0 saturated carbocycles. The van der Waals surface area contributed by atoms with Crippen LogP contribution in [-0.2, 0) is 9.47 Å². The molecule has 0 heterocycles. The number of hydrogen-bond donors (Lipinski definition) is 1. The van der Waals surface area contributed by atoms with Gasteiger partial charge in [0.2, 0.25) is 6.41 Å². The van der Waals surface area contributed by atoms with Gasteiger partial charge in [0.15, 0.2) is 0 Å². The summed E-state index contributed by atoms with van der Waals surface area (Å²) < 4.78 is 9.74. The second-order valence-electron chi connectivity index (χ2n) is 1.76. The molecule has 0 aromatic rings. The quantitative estimate of drug-likeness (QED) is 0.556. The van der Waals surface area contributed by atoms with Gasteiger partial charge in [0.05, 0.1) is 0 Å². The Hall–Kier alpha value is -0.120. The van der Waals surface area contributed by atoms with E-state index in [2.05, 4.69) is 12.2 Å². The van der Waals surface area contributed by atoms with Crippen molar-refractivity contribution in [3.8, 4) is 0 Å². The lowest BCUT2D eigenvalue weighted by atomic mass is 10.5. The highest BCUT2D eigenvalue weighted by atomic mass is 16.7. The van der Waals surface area contributed by atoms with Gasteiger partial charge in [-0.2, -0.15) is 0 Å². The van der Waals surface area contributed by atoms with E-state index in [1.165, 1.54) is 0 Å². The molecule has 0 amide bonds. The molecule has 0 aromatic carbocycles. The molecule has 3 nitrogen and oxygen atoms in total. The summed E-state index contributed by atoms with van der Waals surface area (Å²) in [5.74, 6) is 0. The van der Waals surface area contributed by atoms with E-state index in [4.69, 9.17) is 9.47 Å². The highest BCUT2D eigenvalue weighted by molar-refractivity contribution is 4.39. The molecule has 0 unspecified atom stereocenters. The number of ether oxygens (including phenoxy) is 2. The van der Waals surface area contributed by atoms with Crippen molar-refractivity contribution in [3.05, 3.63) is 0 Å². The van der Waals surface area contributed by atoms with Gasteiger partial charge in [-0.3, -0.25) is 5.32 Å². The molecular formula is C6H15NO2. The summed E-state index contributed by atoms with van der Waals surface area (Å²) in [6.07, 6.45) is 0.841. The van der Waals surface area contributed by atoms with Crippen LogP contribution in [-0.4, -0.2) is 27.2 Å². The fourth-order valence-electron chi connectivity index (χ4n) is 0.525. The Kier molecular flexibility index (Phi) is 5.93. The summed E-state index contributed by atoms with van der Waals surface area (Å²) in [7, 11) is 3.22. The highest BCUT2D eigenvalue weighted by Gasteiger charge is 1.99. The molecule has 0 aliphatic carbocycles. The van der Waals surface area contributed by atoms with Crippen molar-refractivity contribution < 1.29 is 9.47 Å². The maximum absolute atomic E-state index is 4.87. The zero-order chi connectivity index (χ0) is 7.11. The molecular weight excluding hydrogens is 118 g/mol. The van der Waals surface area contributed by atoms with Crippen molar-refractivity contribution in [3.63, 3.8) is 0 Å². The molecule has 0 saturated heterocycles. The molecule has 0 fully saturated rings. The normalized spacial score (nSPS) is 10.7. The van der Waals surface area contributed by atoms with E-state index >= 15 is 0 Å². The van der Waals surface area contributed by atoms with Crippen LogP contribution in [0.25, 0.3) is 0 Å². The van der Waals surface area contributed by atoms with Crippen LogP contribution in [0.3, 0.4) is 0 Å². The molecule has 0 spiro atoms. The van der Waals surface area contributed by atoms with Gasteiger partial charge in [0, 0.05) is 14.2 Å². The maximum Gasteiger partial charge on any atom is 0.215 e. The minimum Gasteiger partial charge on any atom is -0.343 e. The monoisotopic (exact) mass is 133 g/mol. The van der Waals surface area contributed by atoms with E-state index in [9.17, 15) is 0 Å². The maximum atomic E-state index is 4.87. The van der Waals surface area contributed by atoms with Gasteiger partial charge in [-0.05, 0) is 13.0 Å². The van der Waals surface area contributed by atoms with Crippen LogP contribution in [0, 0.1) is 0 Å². The Morgan fingerprint density at radius 3 is 2.22 bits per heavy atom. The first-order valence-electron chi connectivity index (χ1n) is 3.14. The fourth-order valence-corrected chi connectivity index (χ4v) is 0.525. The first-order valence-corrected chi connectivity index (χ1v) is 3.14. The van der Waals surface area contributed by atoms with Crippen molar-refractivity contribution >= 4 is 0 Å². The van der Waals surface area contributed by atoms with Crippen LogP contribution >= 0.6 is 0 Å². The van der Waals surface area contributed by atoms with Gasteiger partial charge in [-0.25, -0.2) is 0 Å². The molecule has 9 heavy (non-hydrogen) atoms. The molecule has 0 rings (SSSR count). The molecule has 3 heteroatoms. The standard InChI is InChI=1S/C6H15NO2/c1-4-5-7-6(8-2)9-3/h6-7H,4-5H2,1-3H3. The van der Waals surface area contributed by atoms with Gasteiger partial charge in [0.25, 0.3) is 0 Å². The average Bonchev–Trinajstić information content (AvgIpc) is 1.91. The zero-order valence-electron chi connectivity index (χ0n) is 6.31. The summed E-state index contributed by atoms with van der Waals surface area (Å²) in [5.41, 5.74) is 0. The number of methoxy groups -OCH3 is 2. The third-order valence-electron chi connectivity index (χ3n) is 0.989. The van der Waals surface area contributed by atoms with Crippen LogP contribution in [0.1, 0.15) is 13.3 Å². The molecule has 1 N–H and O–H groups in total. The average molecular weight is 133 g/mol. The van der Waals surface area contributed by atoms with Crippen molar-refractivity contribution in [2.24, 2.45) is 0 Å². The topological polar surface area (TPSA) is 30.5 Å². The Morgan fingerprint density at radius 2 is 1.89 bits per heavy atom. The predicted octanol–water partition coefficient (Wildman–Crippen LogP) is 0.562. The lowest BCUT2D eigenvalue weighted by Crippen LogP contribution is -2.32. The van der Waals surface area contributed by atoms with Crippen LogP contribution in [0.15, 0.2) is 0 Å². The number of hydrogen-bond acceptors (Lipinski definition) is 3. The molecule has 0 radical (unpaired) electrons. The zero-order valence-corrected chi connectivity index (χ0v) is 6.31. The molecule has 56 valence electrons. The lowest BCUT2D eigenvalue weighted by Gasteiger charge is -2.13. The smallest absolute Gasteiger partial charge is 0.215 e. The molecule has 0 aromatic heterocycles. The predicted molar refractivity (Wildman–Crippen MR) is 36.1 cm³/mol. The lowest BCUT2D eigenvalue weighted by molar-refractivity contribution is -0.122. The SMILES string of the molecule is CCCNC(OC)OC. The summed E-state index contributed by atoms with van der Waals surface area (Å²) >= 11 is 0. The van der Waals surface area contributed by atoms with Crippen molar-refractivity contribution in [1.82, 2.24) is 5.32 Å². The van der Waals surface area contributed by atoms with E-state index in [1.807, 2.05) is 0 Å². The van der Waals surface area contributed by atoms with Gasteiger partial charge < -0.3 is 9.47 Å². The van der Waals surface area contributed by atoms with Crippen LogP contribution in [0.2, 0.25) is 0 Å². The van der Waals surface area contributed by atoms with E-state index < -0.39 is 0 Å². The first-order chi connectivity index (χ1) is 4.35. The molecule has 0 aliphatic heterocycles. The summed E-state index contributed by atoms with van der Waals surface area (Å²) in [4.78, 5) is 0. The molecule has 0 bridgehead atoms. The minimum atomic E-state index is -0.245. The van der Waals surface area contributed by atoms with E-state index in [0.29, 0.717) is 0 Å². The second kappa shape index (κ2) is 6.01. The van der Waals surface area contributed by atoms with Crippen LogP contribution < -0.4 is 5.32 Å². The van der Waals surface area contributed by atoms with Crippen molar-refractivity contribution in [1.29, 1.82) is 0 Å². The third kappa shape index (κ3) is 4.39. The van der Waals surface area contributed by atoms with E-state index in [0.717, 1.165) is 13.0 Å². The Bertz CT molecular complexity index is 55.0. The van der Waals surface area contributed by atoms with Gasteiger partial charge in [0.1, 0.15) is 0 Å². The summed E-state index contributed by atoms with van der Waals surface area (Å²) in [6.45, 7) is 3.02. The van der Waals surface area contributed by atoms with Crippen molar-refractivity contribution in [2.45, 2.75) is 19.8 Å². The fraction of sp³-hybridized carbons (Fsp3) is 1.00. The molecule has 0 atom stereocenters. The van der Waals surface area contributed by atoms with Gasteiger partial charge in [-0.15, -0.1) is 0 Å². The van der Waals surface area contributed by atoms with Gasteiger partial charge in [-0.1, -0.05) is 6.92 Å². The third-order valence-corrected chi connectivity index (χ3v) is 0.989. The van der Waals surface area contributed by atoms with E-state index in [-0.39, 0.29) is 6.41 Å². The minimum absolute atomic E-state index is 0.245. The summed E-state index contributed by atoms with van der Waals surface area (Å²) in [6, 6.07) is 0. The second-order valence-corrected chi connectivity index (χ2v) is 1.76. The Labute approximate surface area is 56.3 Å². The van der Waals surface area contributed by atoms with Crippen molar-refractivity contribution in [2.75, 3.05) is 20.8 Å². The highest BCUT2D eigenvalue weighted by Crippen LogP contribution is 1.83. The largest absolute Gasteiger partial charge is 0.343 e. The van der Waals surface area contributed by atoms with E-state index in [1.54, 1.807) is 14.2 Å². The molecule has 0 aliphatic rings.